The molecule has 5 rings (SSSR count). The minimum Gasteiger partial charge on any atom is -0.273 e. The highest BCUT2D eigenvalue weighted by Gasteiger charge is 2.50. The molecule has 0 N–H and O–H groups in total. The topological polar surface area (TPSA) is 45.6 Å². The number of carbonyl (C=O) groups is 1. The van der Waals surface area contributed by atoms with Gasteiger partial charge in [-0.05, 0) is 66.3 Å². The molecule has 3 aromatic rings. The van der Waals surface area contributed by atoms with Gasteiger partial charge < -0.3 is 0 Å². The summed E-state index contributed by atoms with van der Waals surface area (Å²) in [7, 11) is 0. The van der Waals surface area contributed by atoms with Crippen LogP contribution in [0, 0.1) is 11.6 Å². The summed E-state index contributed by atoms with van der Waals surface area (Å²) in [5.41, 5.74) is 3.06. The smallest absolute Gasteiger partial charge is 0.248 e. The Balaban J connectivity index is 1.61. The Hall–Kier alpha value is -3.06. The molecule has 7 heteroatoms. The summed E-state index contributed by atoms with van der Waals surface area (Å²) < 4.78 is 28.5. The zero-order valence-corrected chi connectivity index (χ0v) is 17.4. The van der Waals surface area contributed by atoms with E-state index in [0.29, 0.717) is 11.5 Å². The molecule has 1 aliphatic carbocycles. The minimum atomic E-state index is -0.771. The summed E-state index contributed by atoms with van der Waals surface area (Å²) >= 11 is 1.34. The van der Waals surface area contributed by atoms with Crippen LogP contribution in [0.5, 0.6) is 0 Å². The van der Waals surface area contributed by atoms with Crippen molar-refractivity contribution in [2.45, 2.75) is 30.6 Å². The fourth-order valence-corrected chi connectivity index (χ4v) is 5.76. The molecule has 156 valence electrons. The van der Waals surface area contributed by atoms with Crippen molar-refractivity contribution in [1.82, 2.24) is 9.99 Å². The molecule has 1 aliphatic heterocycles. The standard InChI is InChI=1S/C24H19F2N3OS/c25-18-7-8-21(26)19(15-18)23-28-29(22(30)14-16-9-12-27-13-10-16)24(31-23)11-3-5-17-4-1-2-6-20(17)24/h1-2,4,6-10,12-13,15H,3,5,11,14H2. The first kappa shape index (κ1) is 19.9. The van der Waals surface area contributed by atoms with Crippen molar-refractivity contribution in [2.24, 2.45) is 5.10 Å². The average molecular weight is 435 g/mol. The van der Waals surface area contributed by atoms with Crippen LogP contribution in [0.4, 0.5) is 8.78 Å². The molecule has 4 nitrogen and oxygen atoms in total. The number of nitrogens with zero attached hydrogens (tertiary/aromatic N) is 3. The SMILES string of the molecule is O=C(Cc1ccncc1)N1N=C(c2cc(F)ccc2F)SC12CCCc1ccccc12. The second-order valence-corrected chi connectivity index (χ2v) is 8.93. The number of hydrazone groups is 1. The quantitative estimate of drug-likeness (QED) is 0.580. The van der Waals surface area contributed by atoms with E-state index in [1.54, 1.807) is 24.5 Å². The number of carbonyl (C=O) groups excluding carboxylic acids is 1. The van der Waals surface area contributed by atoms with Crippen LogP contribution in [0.1, 0.15) is 35.1 Å². The Morgan fingerprint density at radius 3 is 2.74 bits per heavy atom. The molecule has 2 heterocycles. The summed E-state index contributed by atoms with van der Waals surface area (Å²) in [5.74, 6) is -1.29. The number of pyridine rings is 1. The van der Waals surface area contributed by atoms with E-state index in [4.69, 9.17) is 0 Å². The molecule has 2 aromatic carbocycles. The fraction of sp³-hybridized carbons (Fsp3) is 0.208. The van der Waals surface area contributed by atoms with E-state index in [2.05, 4.69) is 16.2 Å². The summed E-state index contributed by atoms with van der Waals surface area (Å²) in [6, 6.07) is 14.9. The highest BCUT2D eigenvalue weighted by Crippen LogP contribution is 2.53. The fourth-order valence-electron chi connectivity index (χ4n) is 4.27. The Morgan fingerprint density at radius 1 is 1.10 bits per heavy atom. The van der Waals surface area contributed by atoms with Gasteiger partial charge in [0.05, 0.1) is 6.42 Å². The van der Waals surface area contributed by atoms with Crippen molar-refractivity contribution in [3.05, 3.63) is 101 Å². The Morgan fingerprint density at radius 2 is 1.90 bits per heavy atom. The maximum atomic E-state index is 14.6. The molecule has 0 fully saturated rings. The van der Waals surface area contributed by atoms with Gasteiger partial charge in [-0.2, -0.15) is 5.10 Å². The number of halogens is 2. The molecule has 0 saturated carbocycles. The van der Waals surface area contributed by atoms with Crippen molar-refractivity contribution >= 4 is 22.7 Å². The molecule has 0 radical (unpaired) electrons. The third kappa shape index (κ3) is 3.53. The monoisotopic (exact) mass is 435 g/mol. The number of rotatable bonds is 3. The van der Waals surface area contributed by atoms with Crippen molar-refractivity contribution in [1.29, 1.82) is 0 Å². The Kier molecular flexibility index (Phi) is 5.06. The molecular formula is C24H19F2N3OS. The molecule has 0 bridgehead atoms. The number of hydrogen-bond donors (Lipinski definition) is 0. The first-order chi connectivity index (χ1) is 15.1. The van der Waals surface area contributed by atoms with Gasteiger partial charge in [0, 0.05) is 18.0 Å². The molecule has 31 heavy (non-hydrogen) atoms. The normalized spacial score (nSPS) is 19.9. The summed E-state index contributed by atoms with van der Waals surface area (Å²) in [6.07, 6.45) is 5.90. The summed E-state index contributed by atoms with van der Waals surface area (Å²) in [6.45, 7) is 0. The van der Waals surface area contributed by atoms with Gasteiger partial charge in [0.25, 0.3) is 0 Å². The Labute approximate surface area is 183 Å². The molecule has 1 spiro atoms. The third-order valence-corrected chi connectivity index (χ3v) is 7.13. The van der Waals surface area contributed by atoms with E-state index in [0.717, 1.165) is 47.7 Å². The third-order valence-electron chi connectivity index (χ3n) is 5.70. The van der Waals surface area contributed by atoms with Gasteiger partial charge in [-0.1, -0.05) is 36.0 Å². The molecule has 0 saturated heterocycles. The van der Waals surface area contributed by atoms with Crippen LogP contribution in [0.15, 0.2) is 72.1 Å². The molecule has 1 aromatic heterocycles. The second kappa shape index (κ2) is 7.89. The van der Waals surface area contributed by atoms with Gasteiger partial charge in [0.15, 0.2) is 0 Å². The van der Waals surface area contributed by atoms with Crippen LogP contribution >= 0.6 is 11.8 Å². The molecule has 1 amide bonds. The number of amides is 1. The van der Waals surface area contributed by atoms with Gasteiger partial charge in [0.2, 0.25) is 5.91 Å². The molecular weight excluding hydrogens is 416 g/mol. The maximum absolute atomic E-state index is 14.6. The number of aromatic nitrogens is 1. The lowest BCUT2D eigenvalue weighted by molar-refractivity contribution is -0.134. The van der Waals surface area contributed by atoms with E-state index >= 15 is 0 Å². The highest BCUT2D eigenvalue weighted by atomic mass is 32.2. The zero-order chi connectivity index (χ0) is 21.4. The van der Waals surface area contributed by atoms with Gasteiger partial charge in [-0.3, -0.25) is 9.78 Å². The average Bonchev–Trinajstić information content (AvgIpc) is 3.16. The van der Waals surface area contributed by atoms with E-state index in [-0.39, 0.29) is 17.9 Å². The van der Waals surface area contributed by atoms with Crippen molar-refractivity contribution in [3.63, 3.8) is 0 Å². The van der Waals surface area contributed by atoms with Crippen LogP contribution in [0.25, 0.3) is 0 Å². The van der Waals surface area contributed by atoms with E-state index in [9.17, 15) is 13.6 Å². The number of fused-ring (bicyclic) bond motifs is 2. The summed E-state index contributed by atoms with van der Waals surface area (Å²) in [5, 5.41) is 6.39. The van der Waals surface area contributed by atoms with Crippen molar-refractivity contribution in [2.75, 3.05) is 0 Å². The molecule has 1 unspecified atom stereocenters. The van der Waals surface area contributed by atoms with Crippen molar-refractivity contribution in [3.8, 4) is 0 Å². The minimum absolute atomic E-state index is 0.0756. The van der Waals surface area contributed by atoms with E-state index < -0.39 is 16.5 Å². The Bertz CT molecular complexity index is 1180. The number of thioether (sulfide) groups is 1. The summed E-state index contributed by atoms with van der Waals surface area (Å²) in [4.78, 5) is 16.7. The first-order valence-electron chi connectivity index (χ1n) is 10.1. The number of aryl methyl sites for hydroxylation is 1. The maximum Gasteiger partial charge on any atom is 0.248 e. The van der Waals surface area contributed by atoms with Crippen LogP contribution in [0.2, 0.25) is 0 Å². The van der Waals surface area contributed by atoms with E-state index in [1.807, 2.05) is 18.2 Å². The van der Waals surface area contributed by atoms with Gasteiger partial charge in [0.1, 0.15) is 21.5 Å². The number of benzene rings is 2. The van der Waals surface area contributed by atoms with Crippen LogP contribution in [0.3, 0.4) is 0 Å². The lowest BCUT2D eigenvalue weighted by Gasteiger charge is -2.40. The molecule has 1 atom stereocenters. The van der Waals surface area contributed by atoms with Crippen LogP contribution < -0.4 is 0 Å². The van der Waals surface area contributed by atoms with E-state index in [1.165, 1.54) is 16.8 Å². The van der Waals surface area contributed by atoms with Gasteiger partial charge in [-0.25, -0.2) is 13.8 Å². The van der Waals surface area contributed by atoms with Crippen LogP contribution in [-0.2, 0) is 22.5 Å². The lowest BCUT2D eigenvalue weighted by atomic mass is 9.86. The lowest BCUT2D eigenvalue weighted by Crippen LogP contribution is -2.44. The predicted octanol–water partition coefficient (Wildman–Crippen LogP) is 5.03. The first-order valence-corrected chi connectivity index (χ1v) is 10.9. The van der Waals surface area contributed by atoms with Crippen LogP contribution in [-0.4, -0.2) is 20.9 Å². The van der Waals surface area contributed by atoms with Gasteiger partial charge in [-0.15, -0.1) is 0 Å². The second-order valence-electron chi connectivity index (χ2n) is 7.66. The largest absolute Gasteiger partial charge is 0.273 e. The van der Waals surface area contributed by atoms with Gasteiger partial charge >= 0.3 is 0 Å². The highest BCUT2D eigenvalue weighted by molar-refractivity contribution is 8.15. The zero-order valence-electron chi connectivity index (χ0n) is 16.6. The van der Waals surface area contributed by atoms with Crippen molar-refractivity contribution < 1.29 is 13.6 Å². The molecule has 2 aliphatic rings. The number of hydrogen-bond acceptors (Lipinski definition) is 4. The predicted molar refractivity (Wildman–Crippen MR) is 116 cm³/mol.